The highest BCUT2D eigenvalue weighted by atomic mass is 15.2. The third kappa shape index (κ3) is 3.26. The molecule has 0 fully saturated rings. The number of benzene rings is 2. The molecule has 30 heavy (non-hydrogen) atoms. The molecule has 0 amide bonds. The SMILES string of the molecule is Cc1cc(C)c(C(Cn2ccnc2)(c2c(C)cc(C)cc2C)n2ccnc2)c(C)c1. The van der Waals surface area contributed by atoms with Crippen LogP contribution in [-0.2, 0) is 12.1 Å². The number of hydrogen-bond donors (Lipinski definition) is 0. The lowest BCUT2D eigenvalue weighted by molar-refractivity contribution is 0.359. The Labute approximate surface area is 179 Å². The summed E-state index contributed by atoms with van der Waals surface area (Å²) in [4.78, 5) is 8.79. The van der Waals surface area contributed by atoms with Crippen molar-refractivity contribution in [3.63, 3.8) is 0 Å². The lowest BCUT2D eigenvalue weighted by Crippen LogP contribution is -2.42. The molecule has 0 radical (unpaired) electrons. The molecule has 0 spiro atoms. The Bertz CT molecular complexity index is 1060. The van der Waals surface area contributed by atoms with Gasteiger partial charge in [-0.15, -0.1) is 0 Å². The van der Waals surface area contributed by atoms with Crippen LogP contribution in [0.3, 0.4) is 0 Å². The Kier molecular flexibility index (Phi) is 5.10. The molecule has 0 unspecified atom stereocenters. The zero-order chi connectivity index (χ0) is 21.5. The molecule has 0 aliphatic carbocycles. The van der Waals surface area contributed by atoms with E-state index in [0.717, 1.165) is 6.54 Å². The molecule has 2 aromatic carbocycles. The average Bonchev–Trinajstić information content (AvgIpc) is 3.33. The smallest absolute Gasteiger partial charge is 0.115 e. The molecule has 0 saturated carbocycles. The van der Waals surface area contributed by atoms with Gasteiger partial charge >= 0.3 is 0 Å². The Morgan fingerprint density at radius 2 is 1.13 bits per heavy atom. The lowest BCUT2D eigenvalue weighted by Gasteiger charge is -2.41. The van der Waals surface area contributed by atoms with Crippen LogP contribution in [0, 0.1) is 41.5 Å². The van der Waals surface area contributed by atoms with E-state index < -0.39 is 5.54 Å². The van der Waals surface area contributed by atoms with E-state index in [9.17, 15) is 0 Å². The topological polar surface area (TPSA) is 35.6 Å². The van der Waals surface area contributed by atoms with E-state index in [0.29, 0.717) is 0 Å². The minimum absolute atomic E-state index is 0.444. The number of aryl methyl sites for hydroxylation is 6. The summed E-state index contributed by atoms with van der Waals surface area (Å²) in [7, 11) is 0. The molecular formula is C26H30N4. The van der Waals surface area contributed by atoms with Crippen molar-refractivity contribution in [1.82, 2.24) is 19.1 Å². The highest BCUT2D eigenvalue weighted by Crippen LogP contribution is 2.43. The van der Waals surface area contributed by atoms with Crippen molar-refractivity contribution in [3.05, 3.63) is 106 Å². The summed E-state index contributed by atoms with van der Waals surface area (Å²) in [5.74, 6) is 0. The van der Waals surface area contributed by atoms with E-state index in [1.54, 1.807) is 0 Å². The normalized spacial score (nSPS) is 11.8. The number of imidazole rings is 2. The standard InChI is InChI=1S/C26H30N4/c1-18-11-20(3)24(21(4)12-18)26(30-10-8-28-17-30,15-29-9-7-27-16-29)25-22(5)13-19(2)14-23(25)6/h7-14,16-17H,15H2,1-6H3. The highest BCUT2D eigenvalue weighted by Gasteiger charge is 2.41. The molecule has 4 heteroatoms. The van der Waals surface area contributed by atoms with Crippen LogP contribution in [0.25, 0.3) is 0 Å². The Hall–Kier alpha value is -3.14. The fraction of sp³-hybridized carbons (Fsp3) is 0.308. The van der Waals surface area contributed by atoms with Crippen molar-refractivity contribution in [2.75, 3.05) is 0 Å². The van der Waals surface area contributed by atoms with Crippen molar-refractivity contribution >= 4 is 0 Å². The molecule has 0 saturated heterocycles. The molecule has 0 bridgehead atoms. The molecule has 2 aromatic heterocycles. The third-order valence-electron chi connectivity index (χ3n) is 6.10. The van der Waals surface area contributed by atoms with Crippen molar-refractivity contribution in [2.24, 2.45) is 0 Å². The second kappa shape index (κ2) is 7.60. The monoisotopic (exact) mass is 398 g/mol. The first-order valence-corrected chi connectivity index (χ1v) is 10.4. The number of hydrogen-bond acceptors (Lipinski definition) is 2. The molecule has 0 aliphatic heterocycles. The van der Waals surface area contributed by atoms with Gasteiger partial charge in [0.25, 0.3) is 0 Å². The fourth-order valence-corrected chi connectivity index (χ4v) is 5.42. The lowest BCUT2D eigenvalue weighted by atomic mass is 9.74. The summed E-state index contributed by atoms with van der Waals surface area (Å²) in [6.07, 6.45) is 11.7. The molecule has 0 aliphatic rings. The first kappa shape index (κ1) is 20.1. The van der Waals surface area contributed by atoms with Gasteiger partial charge in [0.2, 0.25) is 0 Å². The Morgan fingerprint density at radius 1 is 0.667 bits per heavy atom. The van der Waals surface area contributed by atoms with Gasteiger partial charge in [-0.1, -0.05) is 35.4 Å². The summed E-state index contributed by atoms with van der Waals surface area (Å²) in [6.45, 7) is 14.0. The molecule has 154 valence electrons. The molecule has 0 N–H and O–H groups in total. The number of aromatic nitrogens is 4. The summed E-state index contributed by atoms with van der Waals surface area (Å²) in [6, 6.07) is 9.17. The molecular weight excluding hydrogens is 368 g/mol. The van der Waals surface area contributed by atoms with Crippen molar-refractivity contribution in [2.45, 2.75) is 53.6 Å². The highest BCUT2D eigenvalue weighted by molar-refractivity contribution is 5.54. The van der Waals surface area contributed by atoms with E-state index in [2.05, 4.69) is 91.1 Å². The number of nitrogens with zero attached hydrogens (tertiary/aromatic N) is 4. The van der Waals surface area contributed by atoms with Gasteiger partial charge in [0, 0.05) is 24.8 Å². The van der Waals surface area contributed by atoms with Crippen LogP contribution < -0.4 is 0 Å². The van der Waals surface area contributed by atoms with Crippen LogP contribution in [0.1, 0.15) is 44.5 Å². The predicted molar refractivity (Wildman–Crippen MR) is 122 cm³/mol. The fourth-order valence-electron chi connectivity index (χ4n) is 5.42. The van der Waals surface area contributed by atoms with Crippen molar-refractivity contribution in [1.29, 1.82) is 0 Å². The van der Waals surface area contributed by atoms with Crippen LogP contribution in [0.15, 0.2) is 61.7 Å². The van der Waals surface area contributed by atoms with E-state index in [-0.39, 0.29) is 0 Å². The maximum atomic E-state index is 4.46. The largest absolute Gasteiger partial charge is 0.334 e. The van der Waals surface area contributed by atoms with Crippen molar-refractivity contribution in [3.8, 4) is 0 Å². The summed E-state index contributed by atoms with van der Waals surface area (Å²) >= 11 is 0. The summed E-state index contributed by atoms with van der Waals surface area (Å²) in [5.41, 5.74) is 9.95. The van der Waals surface area contributed by atoms with Gasteiger partial charge in [-0.25, -0.2) is 9.97 Å². The van der Waals surface area contributed by atoms with Gasteiger partial charge in [0.1, 0.15) is 5.54 Å². The molecule has 2 heterocycles. The van der Waals surface area contributed by atoms with Gasteiger partial charge in [-0.3, -0.25) is 0 Å². The van der Waals surface area contributed by atoms with Crippen molar-refractivity contribution < 1.29 is 0 Å². The van der Waals surface area contributed by atoms with Crippen LogP contribution in [0.4, 0.5) is 0 Å². The van der Waals surface area contributed by atoms with Crippen LogP contribution in [-0.4, -0.2) is 19.1 Å². The molecule has 4 aromatic rings. The predicted octanol–water partition coefficient (Wildman–Crippen LogP) is 5.42. The van der Waals surface area contributed by atoms with Crippen LogP contribution >= 0.6 is 0 Å². The number of rotatable bonds is 5. The molecule has 4 rings (SSSR count). The molecule has 4 nitrogen and oxygen atoms in total. The van der Waals surface area contributed by atoms with Crippen LogP contribution in [0.5, 0.6) is 0 Å². The van der Waals surface area contributed by atoms with Gasteiger partial charge in [-0.2, -0.15) is 0 Å². The van der Waals surface area contributed by atoms with E-state index >= 15 is 0 Å². The van der Waals surface area contributed by atoms with Gasteiger partial charge in [-0.05, 0) is 74.9 Å². The maximum absolute atomic E-state index is 4.46. The molecule has 0 atom stereocenters. The second-order valence-electron chi connectivity index (χ2n) is 8.61. The first-order chi connectivity index (χ1) is 14.3. The maximum Gasteiger partial charge on any atom is 0.115 e. The van der Waals surface area contributed by atoms with E-state index in [4.69, 9.17) is 0 Å². The van der Waals surface area contributed by atoms with E-state index in [1.807, 2.05) is 31.2 Å². The summed E-state index contributed by atoms with van der Waals surface area (Å²) < 4.78 is 4.46. The zero-order valence-corrected chi connectivity index (χ0v) is 18.8. The average molecular weight is 399 g/mol. The Balaban J connectivity index is 2.17. The first-order valence-electron chi connectivity index (χ1n) is 10.4. The van der Waals surface area contributed by atoms with Gasteiger partial charge in [0.05, 0.1) is 19.2 Å². The van der Waals surface area contributed by atoms with Gasteiger partial charge < -0.3 is 9.13 Å². The zero-order valence-electron chi connectivity index (χ0n) is 18.8. The summed E-state index contributed by atoms with van der Waals surface area (Å²) in [5, 5.41) is 0. The van der Waals surface area contributed by atoms with E-state index in [1.165, 1.54) is 44.5 Å². The van der Waals surface area contributed by atoms with Crippen LogP contribution in [0.2, 0.25) is 0 Å². The second-order valence-corrected chi connectivity index (χ2v) is 8.61. The minimum atomic E-state index is -0.444. The third-order valence-corrected chi connectivity index (χ3v) is 6.10. The quantitative estimate of drug-likeness (QED) is 0.450. The minimum Gasteiger partial charge on any atom is -0.334 e. The Morgan fingerprint density at radius 3 is 1.53 bits per heavy atom. The van der Waals surface area contributed by atoms with Gasteiger partial charge in [0.15, 0.2) is 0 Å².